The van der Waals surface area contributed by atoms with Crippen molar-refractivity contribution in [3.63, 3.8) is 0 Å². The van der Waals surface area contributed by atoms with Crippen LogP contribution in [0.3, 0.4) is 0 Å². The fourth-order valence-corrected chi connectivity index (χ4v) is 2.02. The molecule has 1 amide bonds. The first-order valence-electron chi connectivity index (χ1n) is 6.45. The summed E-state index contributed by atoms with van der Waals surface area (Å²) in [6.07, 6.45) is 1.50. The topological polar surface area (TPSA) is 59.9 Å². The van der Waals surface area contributed by atoms with Crippen molar-refractivity contribution in [2.75, 3.05) is 14.2 Å². The van der Waals surface area contributed by atoms with Crippen molar-refractivity contribution in [3.05, 3.63) is 58.6 Å². The van der Waals surface area contributed by atoms with Crippen molar-refractivity contribution in [1.29, 1.82) is 0 Å². The molecule has 0 saturated carbocycles. The first kappa shape index (κ1) is 15.9. The Bertz CT molecular complexity index is 702. The molecule has 0 atom stereocenters. The van der Waals surface area contributed by atoms with Gasteiger partial charge in [0.15, 0.2) is 0 Å². The summed E-state index contributed by atoms with van der Waals surface area (Å²) in [7, 11) is 3.09. The average Bonchev–Trinajstić information content (AvgIpc) is 2.55. The Hall–Kier alpha value is -2.53. The van der Waals surface area contributed by atoms with Crippen LogP contribution in [0.2, 0.25) is 5.02 Å². The van der Waals surface area contributed by atoms with Crippen molar-refractivity contribution in [1.82, 2.24) is 5.43 Å². The van der Waals surface area contributed by atoms with Gasteiger partial charge in [-0.15, -0.1) is 0 Å². The minimum atomic E-state index is -0.324. The fourth-order valence-electron chi connectivity index (χ4n) is 1.76. The SMILES string of the molecule is COc1cccc(C(=O)NN=Cc2ccc(OC)c(Cl)c2)c1. The van der Waals surface area contributed by atoms with Gasteiger partial charge in [0.05, 0.1) is 25.5 Å². The third-order valence-electron chi connectivity index (χ3n) is 2.89. The van der Waals surface area contributed by atoms with Crippen LogP contribution in [0.5, 0.6) is 11.5 Å². The molecule has 2 aromatic carbocycles. The lowest BCUT2D eigenvalue weighted by atomic mass is 10.2. The van der Waals surface area contributed by atoms with E-state index in [2.05, 4.69) is 10.5 Å². The minimum absolute atomic E-state index is 0.324. The number of nitrogens with zero attached hydrogens (tertiary/aromatic N) is 1. The quantitative estimate of drug-likeness (QED) is 0.680. The van der Waals surface area contributed by atoms with E-state index in [4.69, 9.17) is 21.1 Å². The van der Waals surface area contributed by atoms with E-state index in [1.807, 2.05) is 0 Å². The van der Waals surface area contributed by atoms with Gasteiger partial charge in [-0.25, -0.2) is 5.43 Å². The van der Waals surface area contributed by atoms with Crippen LogP contribution in [-0.2, 0) is 0 Å². The second-order valence-electron chi connectivity index (χ2n) is 4.33. The number of hydrazone groups is 1. The van der Waals surface area contributed by atoms with E-state index in [1.165, 1.54) is 6.21 Å². The maximum absolute atomic E-state index is 11.9. The van der Waals surface area contributed by atoms with Crippen molar-refractivity contribution in [3.8, 4) is 11.5 Å². The van der Waals surface area contributed by atoms with Crippen LogP contribution in [0.25, 0.3) is 0 Å². The highest BCUT2D eigenvalue weighted by molar-refractivity contribution is 6.32. The fraction of sp³-hybridized carbons (Fsp3) is 0.125. The summed E-state index contributed by atoms with van der Waals surface area (Å²) in [6.45, 7) is 0. The Morgan fingerprint density at radius 1 is 1.18 bits per heavy atom. The number of carbonyl (C=O) groups is 1. The zero-order chi connectivity index (χ0) is 15.9. The Labute approximate surface area is 133 Å². The molecule has 0 aliphatic heterocycles. The number of ether oxygens (including phenoxy) is 2. The first-order chi connectivity index (χ1) is 10.6. The Balaban J connectivity index is 2.02. The van der Waals surface area contributed by atoms with E-state index < -0.39 is 0 Å². The molecule has 0 aliphatic carbocycles. The molecule has 0 heterocycles. The number of hydrogen-bond acceptors (Lipinski definition) is 4. The van der Waals surface area contributed by atoms with Gasteiger partial charge < -0.3 is 9.47 Å². The van der Waals surface area contributed by atoms with Crippen molar-refractivity contribution < 1.29 is 14.3 Å². The molecule has 0 saturated heterocycles. The lowest BCUT2D eigenvalue weighted by molar-refractivity contribution is 0.0955. The standard InChI is InChI=1S/C16H15ClN2O3/c1-21-13-5-3-4-12(9-13)16(20)19-18-10-11-6-7-15(22-2)14(17)8-11/h3-10H,1-2H3,(H,19,20). The van der Waals surface area contributed by atoms with Crippen LogP contribution in [0, 0.1) is 0 Å². The van der Waals surface area contributed by atoms with Gasteiger partial charge in [0, 0.05) is 5.56 Å². The predicted octanol–water partition coefficient (Wildman–Crippen LogP) is 3.12. The Morgan fingerprint density at radius 2 is 2.00 bits per heavy atom. The number of hydrogen-bond donors (Lipinski definition) is 1. The van der Waals surface area contributed by atoms with Gasteiger partial charge in [-0.05, 0) is 42.0 Å². The molecule has 0 aromatic heterocycles. The molecule has 0 aliphatic rings. The summed E-state index contributed by atoms with van der Waals surface area (Å²) >= 11 is 6.01. The molecule has 0 radical (unpaired) electrons. The third-order valence-corrected chi connectivity index (χ3v) is 3.18. The number of rotatable bonds is 5. The van der Waals surface area contributed by atoms with Crippen LogP contribution >= 0.6 is 11.6 Å². The zero-order valence-electron chi connectivity index (χ0n) is 12.2. The van der Waals surface area contributed by atoms with Gasteiger partial charge in [0.2, 0.25) is 0 Å². The number of nitrogens with one attached hydrogen (secondary N) is 1. The molecule has 2 aromatic rings. The van der Waals surface area contributed by atoms with Gasteiger partial charge in [0.25, 0.3) is 5.91 Å². The Morgan fingerprint density at radius 3 is 2.68 bits per heavy atom. The highest BCUT2D eigenvalue weighted by Gasteiger charge is 2.05. The van der Waals surface area contributed by atoms with Crippen molar-refractivity contribution in [2.45, 2.75) is 0 Å². The monoisotopic (exact) mass is 318 g/mol. The van der Waals surface area contributed by atoms with Crippen LogP contribution in [-0.4, -0.2) is 26.3 Å². The summed E-state index contributed by atoms with van der Waals surface area (Å²) in [4.78, 5) is 11.9. The number of amides is 1. The molecule has 22 heavy (non-hydrogen) atoms. The first-order valence-corrected chi connectivity index (χ1v) is 6.83. The summed E-state index contributed by atoms with van der Waals surface area (Å²) in [5.74, 6) is 0.868. The lowest BCUT2D eigenvalue weighted by Gasteiger charge is -2.04. The summed E-state index contributed by atoms with van der Waals surface area (Å²) in [5.41, 5.74) is 3.66. The van der Waals surface area contributed by atoms with E-state index in [0.29, 0.717) is 22.1 Å². The second-order valence-corrected chi connectivity index (χ2v) is 4.73. The van der Waals surface area contributed by atoms with Gasteiger partial charge in [-0.1, -0.05) is 17.7 Å². The van der Waals surface area contributed by atoms with Crippen LogP contribution in [0.15, 0.2) is 47.6 Å². The Kier molecular flexibility index (Phi) is 5.38. The van der Waals surface area contributed by atoms with E-state index in [1.54, 1.807) is 56.7 Å². The van der Waals surface area contributed by atoms with Crippen molar-refractivity contribution in [2.24, 2.45) is 5.10 Å². The summed E-state index contributed by atoms with van der Waals surface area (Å²) < 4.78 is 10.1. The predicted molar refractivity (Wildman–Crippen MR) is 86.1 cm³/mol. The van der Waals surface area contributed by atoms with Gasteiger partial charge in [0.1, 0.15) is 11.5 Å². The van der Waals surface area contributed by atoms with Gasteiger partial charge in [-0.3, -0.25) is 4.79 Å². The third kappa shape index (κ3) is 3.99. The highest BCUT2D eigenvalue weighted by Crippen LogP contribution is 2.24. The molecule has 5 nitrogen and oxygen atoms in total. The van der Waals surface area contributed by atoms with E-state index in [0.717, 1.165) is 5.56 Å². The lowest BCUT2D eigenvalue weighted by Crippen LogP contribution is -2.17. The van der Waals surface area contributed by atoms with Crippen LogP contribution < -0.4 is 14.9 Å². The molecule has 114 valence electrons. The molecular weight excluding hydrogens is 304 g/mol. The molecule has 0 spiro atoms. The maximum atomic E-state index is 11.9. The van der Waals surface area contributed by atoms with Crippen LogP contribution in [0.4, 0.5) is 0 Å². The minimum Gasteiger partial charge on any atom is -0.497 e. The highest BCUT2D eigenvalue weighted by atomic mass is 35.5. The number of benzene rings is 2. The molecular formula is C16H15ClN2O3. The molecule has 6 heteroatoms. The van der Waals surface area contributed by atoms with Gasteiger partial charge >= 0.3 is 0 Å². The smallest absolute Gasteiger partial charge is 0.271 e. The molecule has 2 rings (SSSR count). The average molecular weight is 319 g/mol. The van der Waals surface area contributed by atoms with E-state index >= 15 is 0 Å². The van der Waals surface area contributed by atoms with E-state index in [9.17, 15) is 4.79 Å². The molecule has 0 fully saturated rings. The summed E-state index contributed by atoms with van der Waals surface area (Å²) in [6, 6.07) is 12.0. The summed E-state index contributed by atoms with van der Waals surface area (Å²) in [5, 5.41) is 4.38. The molecule has 0 bridgehead atoms. The normalized spacial score (nSPS) is 10.5. The maximum Gasteiger partial charge on any atom is 0.271 e. The molecule has 0 unspecified atom stereocenters. The largest absolute Gasteiger partial charge is 0.497 e. The number of methoxy groups -OCH3 is 2. The van der Waals surface area contributed by atoms with Crippen LogP contribution in [0.1, 0.15) is 15.9 Å². The second kappa shape index (κ2) is 7.47. The van der Waals surface area contributed by atoms with E-state index in [-0.39, 0.29) is 5.91 Å². The van der Waals surface area contributed by atoms with Gasteiger partial charge in [-0.2, -0.15) is 5.10 Å². The zero-order valence-corrected chi connectivity index (χ0v) is 12.9. The molecule has 1 N–H and O–H groups in total. The van der Waals surface area contributed by atoms with Crippen molar-refractivity contribution >= 4 is 23.7 Å². The number of carbonyl (C=O) groups excluding carboxylic acids is 1. The number of halogens is 1.